The largest absolute Gasteiger partial charge is 0.493 e. The molecule has 32 heavy (non-hydrogen) atoms. The minimum absolute atomic E-state index is 0.0735. The van der Waals surface area contributed by atoms with E-state index in [9.17, 15) is 9.59 Å². The summed E-state index contributed by atoms with van der Waals surface area (Å²) in [5.41, 5.74) is 2.85. The van der Waals surface area contributed by atoms with Gasteiger partial charge in [0.1, 0.15) is 5.75 Å². The first kappa shape index (κ1) is 21.9. The number of unbranched alkanes of at least 4 members (excludes halogenated alkanes) is 1. The van der Waals surface area contributed by atoms with Crippen LogP contribution in [0.15, 0.2) is 48.5 Å². The van der Waals surface area contributed by atoms with Gasteiger partial charge in [-0.15, -0.1) is 0 Å². The number of fused-ring (bicyclic) bond motifs is 1. The summed E-state index contributed by atoms with van der Waals surface area (Å²) in [6, 6.07) is 17.4. The van der Waals surface area contributed by atoms with Crippen molar-refractivity contribution < 1.29 is 14.3 Å². The number of nitrogens with zero attached hydrogens (tertiary/aromatic N) is 2. The molecule has 1 heterocycles. The lowest BCUT2D eigenvalue weighted by molar-refractivity contribution is -0.132. The number of nitriles is 1. The lowest BCUT2D eigenvalue weighted by Crippen LogP contribution is -2.43. The molecule has 2 aromatic rings. The molecular formula is C26H29N3O3. The van der Waals surface area contributed by atoms with Gasteiger partial charge in [-0.1, -0.05) is 37.1 Å². The molecule has 2 amide bonds. The first-order valence-corrected chi connectivity index (χ1v) is 11.5. The number of rotatable bonds is 7. The summed E-state index contributed by atoms with van der Waals surface area (Å²) in [6.07, 6.45) is 5.39. The van der Waals surface area contributed by atoms with Gasteiger partial charge in [-0.3, -0.25) is 9.59 Å². The van der Waals surface area contributed by atoms with Crippen LogP contribution in [0.1, 0.15) is 44.1 Å². The SMILES string of the molecule is N#CCCCOc1cccc(NC(=O)C2CCCCC2C(=O)N2CCc3ccccc32)c1. The van der Waals surface area contributed by atoms with E-state index >= 15 is 0 Å². The number of carbonyl (C=O) groups is 2. The molecule has 0 bridgehead atoms. The first-order chi connectivity index (χ1) is 15.7. The molecule has 0 aromatic heterocycles. The summed E-state index contributed by atoms with van der Waals surface area (Å²) < 4.78 is 5.67. The molecule has 1 aliphatic heterocycles. The molecule has 2 atom stereocenters. The van der Waals surface area contributed by atoms with E-state index in [0.717, 1.165) is 37.8 Å². The Morgan fingerprint density at radius 1 is 1.09 bits per heavy atom. The van der Waals surface area contributed by atoms with Crippen LogP contribution in [-0.4, -0.2) is 25.0 Å². The molecule has 1 N–H and O–H groups in total. The van der Waals surface area contributed by atoms with Gasteiger partial charge in [0.2, 0.25) is 11.8 Å². The Kier molecular flexibility index (Phi) is 7.06. The van der Waals surface area contributed by atoms with Crippen molar-refractivity contribution in [3.8, 4) is 11.8 Å². The second-order valence-electron chi connectivity index (χ2n) is 8.49. The fraction of sp³-hybridized carbons (Fsp3) is 0.423. The zero-order chi connectivity index (χ0) is 22.3. The van der Waals surface area contributed by atoms with Crippen LogP contribution in [0.3, 0.4) is 0 Å². The normalized spacial score (nSPS) is 19.7. The number of para-hydroxylation sites is 1. The predicted molar refractivity (Wildman–Crippen MR) is 123 cm³/mol. The van der Waals surface area contributed by atoms with Crippen molar-refractivity contribution in [3.63, 3.8) is 0 Å². The van der Waals surface area contributed by atoms with E-state index in [2.05, 4.69) is 17.5 Å². The van der Waals surface area contributed by atoms with E-state index in [1.807, 2.05) is 41.3 Å². The summed E-state index contributed by atoms with van der Waals surface area (Å²) in [7, 11) is 0. The van der Waals surface area contributed by atoms with E-state index in [1.54, 1.807) is 6.07 Å². The maximum absolute atomic E-state index is 13.5. The summed E-state index contributed by atoms with van der Waals surface area (Å²) in [4.78, 5) is 28.5. The summed E-state index contributed by atoms with van der Waals surface area (Å²) in [5.74, 6) is 0.0109. The third-order valence-corrected chi connectivity index (χ3v) is 6.38. The summed E-state index contributed by atoms with van der Waals surface area (Å²) >= 11 is 0. The molecule has 6 heteroatoms. The molecule has 0 spiro atoms. The number of hydrogen-bond acceptors (Lipinski definition) is 4. The van der Waals surface area contributed by atoms with Gasteiger partial charge in [0.25, 0.3) is 0 Å². The Labute approximate surface area is 189 Å². The van der Waals surface area contributed by atoms with Crippen LogP contribution >= 0.6 is 0 Å². The summed E-state index contributed by atoms with van der Waals surface area (Å²) in [6.45, 7) is 1.15. The van der Waals surface area contributed by atoms with Crippen molar-refractivity contribution in [3.05, 3.63) is 54.1 Å². The smallest absolute Gasteiger partial charge is 0.230 e. The van der Waals surface area contributed by atoms with Gasteiger partial charge in [0.05, 0.1) is 18.6 Å². The van der Waals surface area contributed by atoms with E-state index in [4.69, 9.17) is 10.00 Å². The first-order valence-electron chi connectivity index (χ1n) is 11.5. The quantitative estimate of drug-likeness (QED) is 0.644. The second kappa shape index (κ2) is 10.3. The minimum atomic E-state index is -0.329. The Morgan fingerprint density at radius 3 is 2.75 bits per heavy atom. The maximum Gasteiger partial charge on any atom is 0.230 e. The molecule has 6 nitrogen and oxygen atoms in total. The topological polar surface area (TPSA) is 82.4 Å². The third-order valence-electron chi connectivity index (χ3n) is 6.38. The fourth-order valence-corrected chi connectivity index (χ4v) is 4.75. The van der Waals surface area contributed by atoms with Gasteiger partial charge >= 0.3 is 0 Å². The maximum atomic E-state index is 13.5. The van der Waals surface area contributed by atoms with Crippen LogP contribution < -0.4 is 15.0 Å². The lowest BCUT2D eigenvalue weighted by atomic mass is 9.77. The van der Waals surface area contributed by atoms with Gasteiger partial charge in [-0.05, 0) is 49.4 Å². The Morgan fingerprint density at radius 2 is 1.91 bits per heavy atom. The second-order valence-corrected chi connectivity index (χ2v) is 8.49. The Balaban J connectivity index is 1.42. The molecule has 2 aliphatic rings. The Hall–Kier alpha value is -3.33. The zero-order valence-electron chi connectivity index (χ0n) is 18.3. The molecule has 1 saturated carbocycles. The van der Waals surface area contributed by atoms with E-state index < -0.39 is 0 Å². The molecule has 0 radical (unpaired) electrons. The average Bonchev–Trinajstić information content (AvgIpc) is 3.26. The predicted octanol–water partition coefficient (Wildman–Crippen LogP) is 4.70. The van der Waals surface area contributed by atoms with Crippen LogP contribution in [0.2, 0.25) is 0 Å². The van der Waals surface area contributed by atoms with Crippen molar-refractivity contribution >= 4 is 23.2 Å². The van der Waals surface area contributed by atoms with Crippen molar-refractivity contribution in [1.82, 2.24) is 0 Å². The van der Waals surface area contributed by atoms with E-state index in [-0.39, 0.29) is 23.7 Å². The molecule has 2 aromatic carbocycles. The molecule has 2 unspecified atom stereocenters. The number of carbonyl (C=O) groups excluding carboxylic acids is 2. The standard InChI is InChI=1S/C26H29N3O3/c27-15-5-6-17-32-21-10-7-9-20(18-21)28-25(30)22-11-2-3-12-23(22)26(31)29-16-14-19-8-1-4-13-24(19)29/h1,4,7-10,13,18,22-23H,2-3,5-6,11-12,14,16-17H2,(H,28,30). The van der Waals surface area contributed by atoms with Crippen molar-refractivity contribution in [2.75, 3.05) is 23.4 Å². The molecule has 0 saturated heterocycles. The van der Waals surface area contributed by atoms with Crippen LogP contribution in [0.25, 0.3) is 0 Å². The van der Waals surface area contributed by atoms with Gasteiger partial charge < -0.3 is 15.0 Å². The van der Waals surface area contributed by atoms with Crippen LogP contribution in [0.4, 0.5) is 11.4 Å². The van der Waals surface area contributed by atoms with Crippen LogP contribution in [-0.2, 0) is 16.0 Å². The molecular weight excluding hydrogens is 402 g/mol. The van der Waals surface area contributed by atoms with Crippen molar-refractivity contribution in [2.45, 2.75) is 44.9 Å². The number of benzene rings is 2. The van der Waals surface area contributed by atoms with Crippen molar-refractivity contribution in [1.29, 1.82) is 5.26 Å². The number of hydrogen-bond donors (Lipinski definition) is 1. The average molecular weight is 432 g/mol. The number of anilines is 2. The third kappa shape index (κ3) is 4.94. The highest BCUT2D eigenvalue weighted by atomic mass is 16.5. The van der Waals surface area contributed by atoms with Gasteiger partial charge in [0, 0.05) is 36.3 Å². The number of nitrogens with one attached hydrogen (secondary N) is 1. The van der Waals surface area contributed by atoms with Gasteiger partial charge in [-0.25, -0.2) is 0 Å². The molecule has 1 fully saturated rings. The van der Waals surface area contributed by atoms with E-state index in [0.29, 0.717) is 37.4 Å². The molecule has 4 rings (SSSR count). The van der Waals surface area contributed by atoms with E-state index in [1.165, 1.54) is 5.56 Å². The highest BCUT2D eigenvalue weighted by Crippen LogP contribution is 2.36. The zero-order valence-corrected chi connectivity index (χ0v) is 18.3. The van der Waals surface area contributed by atoms with Crippen LogP contribution in [0.5, 0.6) is 5.75 Å². The molecule has 1 aliphatic carbocycles. The monoisotopic (exact) mass is 431 g/mol. The Bertz CT molecular complexity index is 1010. The highest BCUT2D eigenvalue weighted by Gasteiger charge is 2.39. The van der Waals surface area contributed by atoms with Gasteiger partial charge in [-0.2, -0.15) is 5.26 Å². The lowest BCUT2D eigenvalue weighted by Gasteiger charge is -2.32. The van der Waals surface area contributed by atoms with Gasteiger partial charge in [0.15, 0.2) is 0 Å². The number of amides is 2. The highest BCUT2D eigenvalue weighted by molar-refractivity contribution is 6.02. The molecule has 166 valence electrons. The minimum Gasteiger partial charge on any atom is -0.493 e. The van der Waals surface area contributed by atoms with Crippen molar-refractivity contribution in [2.24, 2.45) is 11.8 Å². The fourth-order valence-electron chi connectivity index (χ4n) is 4.75. The summed E-state index contributed by atoms with van der Waals surface area (Å²) in [5, 5.41) is 11.6. The van der Waals surface area contributed by atoms with Crippen LogP contribution in [0, 0.1) is 23.2 Å². The number of ether oxygens (including phenoxy) is 1.